The van der Waals surface area contributed by atoms with Gasteiger partial charge < -0.3 is 12.4 Å². The van der Waals surface area contributed by atoms with Crippen molar-refractivity contribution in [2.75, 3.05) is 19.6 Å². The normalized spacial score (nSPS) is 20.7. The topological polar surface area (TPSA) is 0 Å². The van der Waals surface area contributed by atoms with Crippen LogP contribution >= 0.6 is 0 Å². The number of halogens is 1. The fourth-order valence-corrected chi connectivity index (χ4v) is 1.84. The Morgan fingerprint density at radius 3 is 2.08 bits per heavy atom. The number of piperidine rings is 1. The molecule has 0 unspecified atom stereocenters. The summed E-state index contributed by atoms with van der Waals surface area (Å²) >= 11 is 0. The maximum absolute atomic E-state index is 3.90. The fourth-order valence-electron chi connectivity index (χ4n) is 1.84. The molecule has 1 aliphatic rings. The number of rotatable bonds is 3. The first kappa shape index (κ1) is 11.7. The molecular formula is C10H18ClN. The number of quaternary nitrogens is 1. The maximum Gasteiger partial charge on any atom is 0.101 e. The Balaban J connectivity index is 0.00000121. The van der Waals surface area contributed by atoms with Gasteiger partial charge in [0.25, 0.3) is 0 Å². The van der Waals surface area contributed by atoms with E-state index in [9.17, 15) is 0 Å². The van der Waals surface area contributed by atoms with Crippen molar-refractivity contribution < 1.29 is 16.9 Å². The van der Waals surface area contributed by atoms with Gasteiger partial charge >= 0.3 is 0 Å². The van der Waals surface area contributed by atoms with Crippen LogP contribution in [0.5, 0.6) is 0 Å². The van der Waals surface area contributed by atoms with E-state index in [1.807, 2.05) is 6.08 Å². The molecule has 2 heteroatoms. The Kier molecular flexibility index (Phi) is 5.27. The quantitative estimate of drug-likeness (QED) is 0.406. The van der Waals surface area contributed by atoms with Gasteiger partial charge in [0.05, 0.1) is 19.3 Å². The lowest BCUT2D eigenvalue weighted by Gasteiger charge is -2.36. The molecular weight excluding hydrogens is 170 g/mol. The molecule has 0 bridgehead atoms. The molecule has 0 aromatic rings. The lowest BCUT2D eigenvalue weighted by atomic mass is 10.1. The van der Waals surface area contributed by atoms with Gasteiger partial charge in [-0.25, -0.2) is 0 Å². The van der Waals surface area contributed by atoms with Gasteiger partial charge in [0, 0.05) is 0 Å². The second kappa shape index (κ2) is 5.39. The predicted molar refractivity (Wildman–Crippen MR) is 49.1 cm³/mol. The van der Waals surface area contributed by atoms with E-state index >= 15 is 0 Å². The maximum atomic E-state index is 3.90. The molecule has 0 aromatic carbocycles. The Bertz CT molecular complexity index is 148. The molecule has 1 saturated heterocycles. The minimum absolute atomic E-state index is 0. The van der Waals surface area contributed by atoms with Gasteiger partial charge in [0.2, 0.25) is 0 Å². The summed E-state index contributed by atoms with van der Waals surface area (Å²) in [4.78, 5) is 0. The van der Waals surface area contributed by atoms with Gasteiger partial charge in [-0.15, -0.1) is 0 Å². The van der Waals surface area contributed by atoms with Gasteiger partial charge in [-0.3, -0.25) is 4.48 Å². The van der Waals surface area contributed by atoms with E-state index in [0.717, 1.165) is 11.0 Å². The third-order valence-corrected chi connectivity index (χ3v) is 2.59. The standard InChI is InChI=1S/C10H18N.ClH/c1-3-8-11(4-2)9-6-5-7-10-11;/h3-4H,1-2,5-10H2;1H/q+1;/p-1. The molecule has 0 amide bonds. The third-order valence-electron chi connectivity index (χ3n) is 2.59. The van der Waals surface area contributed by atoms with Crippen molar-refractivity contribution in [3.8, 4) is 0 Å². The first-order chi connectivity index (χ1) is 5.33. The second-order valence-corrected chi connectivity index (χ2v) is 3.38. The van der Waals surface area contributed by atoms with E-state index in [1.54, 1.807) is 0 Å². The van der Waals surface area contributed by atoms with E-state index in [2.05, 4.69) is 19.4 Å². The monoisotopic (exact) mass is 187 g/mol. The zero-order valence-corrected chi connectivity index (χ0v) is 8.39. The lowest BCUT2D eigenvalue weighted by Crippen LogP contribution is -3.00. The third kappa shape index (κ3) is 2.65. The molecule has 70 valence electrons. The highest BCUT2D eigenvalue weighted by Gasteiger charge is 2.24. The summed E-state index contributed by atoms with van der Waals surface area (Å²) in [6.07, 6.45) is 8.18. The minimum atomic E-state index is 0. The minimum Gasteiger partial charge on any atom is -1.00 e. The van der Waals surface area contributed by atoms with Crippen LogP contribution in [-0.4, -0.2) is 24.1 Å². The van der Waals surface area contributed by atoms with Gasteiger partial charge in [-0.1, -0.05) is 6.58 Å². The summed E-state index contributed by atoms with van der Waals surface area (Å²) < 4.78 is 1.06. The number of hydrogen-bond acceptors (Lipinski definition) is 0. The summed E-state index contributed by atoms with van der Waals surface area (Å²) in [5.41, 5.74) is 0. The lowest BCUT2D eigenvalue weighted by molar-refractivity contribution is -0.878. The largest absolute Gasteiger partial charge is 1.00 e. The van der Waals surface area contributed by atoms with Gasteiger partial charge in [-0.05, 0) is 31.9 Å². The van der Waals surface area contributed by atoms with Crippen molar-refractivity contribution in [3.63, 3.8) is 0 Å². The summed E-state index contributed by atoms with van der Waals surface area (Å²) in [5, 5.41) is 0. The van der Waals surface area contributed by atoms with Crippen molar-refractivity contribution in [1.82, 2.24) is 0 Å². The molecule has 0 aliphatic carbocycles. The van der Waals surface area contributed by atoms with Gasteiger partial charge in [0.1, 0.15) is 6.54 Å². The summed E-state index contributed by atoms with van der Waals surface area (Å²) in [7, 11) is 0. The van der Waals surface area contributed by atoms with E-state index in [-0.39, 0.29) is 12.4 Å². The van der Waals surface area contributed by atoms with Crippen molar-refractivity contribution in [3.05, 3.63) is 25.4 Å². The van der Waals surface area contributed by atoms with Crippen LogP contribution in [-0.2, 0) is 0 Å². The Morgan fingerprint density at radius 2 is 1.67 bits per heavy atom. The molecule has 1 aliphatic heterocycles. The van der Waals surface area contributed by atoms with Crippen LogP contribution in [0.4, 0.5) is 0 Å². The van der Waals surface area contributed by atoms with Crippen LogP contribution in [0.25, 0.3) is 0 Å². The number of likely N-dealkylation sites (tertiary alicyclic amines) is 1. The summed E-state index contributed by atoms with van der Waals surface area (Å²) in [6, 6.07) is 0. The average molecular weight is 188 g/mol. The molecule has 0 spiro atoms. The van der Waals surface area contributed by atoms with Crippen LogP contribution in [0.2, 0.25) is 0 Å². The van der Waals surface area contributed by atoms with E-state index in [4.69, 9.17) is 0 Å². The van der Waals surface area contributed by atoms with Crippen molar-refractivity contribution >= 4 is 0 Å². The van der Waals surface area contributed by atoms with E-state index in [0.29, 0.717) is 0 Å². The zero-order chi connectivity index (χ0) is 8.16. The molecule has 0 saturated carbocycles. The molecule has 0 N–H and O–H groups in total. The average Bonchev–Trinajstić information content (AvgIpc) is 2.07. The smallest absolute Gasteiger partial charge is 0.101 e. The highest BCUT2D eigenvalue weighted by molar-refractivity contribution is 4.72. The highest BCUT2D eigenvalue weighted by Crippen LogP contribution is 2.18. The number of nitrogens with zero attached hydrogens (tertiary/aromatic N) is 1. The van der Waals surface area contributed by atoms with Crippen LogP contribution in [0.3, 0.4) is 0 Å². The molecule has 0 radical (unpaired) electrons. The first-order valence-electron chi connectivity index (χ1n) is 4.43. The fraction of sp³-hybridized carbons (Fsp3) is 0.600. The van der Waals surface area contributed by atoms with Crippen molar-refractivity contribution in [1.29, 1.82) is 0 Å². The highest BCUT2D eigenvalue weighted by atomic mass is 35.5. The van der Waals surface area contributed by atoms with Crippen LogP contribution in [0.1, 0.15) is 19.3 Å². The van der Waals surface area contributed by atoms with Gasteiger partial charge in [0.15, 0.2) is 0 Å². The molecule has 1 rings (SSSR count). The Hall–Kier alpha value is -0.270. The van der Waals surface area contributed by atoms with Crippen molar-refractivity contribution in [2.24, 2.45) is 0 Å². The zero-order valence-electron chi connectivity index (χ0n) is 7.64. The molecule has 12 heavy (non-hydrogen) atoms. The van der Waals surface area contributed by atoms with Crippen LogP contribution in [0, 0.1) is 0 Å². The second-order valence-electron chi connectivity index (χ2n) is 3.38. The SMILES string of the molecule is C=CC[N+]1(C=C)CCCCC1.[Cl-]. The predicted octanol–water partition coefficient (Wildman–Crippen LogP) is -0.679. The molecule has 0 aromatic heterocycles. The first-order valence-corrected chi connectivity index (χ1v) is 4.43. The molecule has 0 atom stereocenters. The van der Waals surface area contributed by atoms with E-state index < -0.39 is 0 Å². The molecule has 1 fully saturated rings. The molecule has 1 nitrogen and oxygen atoms in total. The van der Waals surface area contributed by atoms with E-state index in [1.165, 1.54) is 32.4 Å². The van der Waals surface area contributed by atoms with Gasteiger partial charge in [-0.2, -0.15) is 0 Å². The van der Waals surface area contributed by atoms with Crippen LogP contribution in [0.15, 0.2) is 25.4 Å². The number of hydrogen-bond donors (Lipinski definition) is 0. The summed E-state index contributed by atoms with van der Waals surface area (Å²) in [6.45, 7) is 11.3. The van der Waals surface area contributed by atoms with Crippen LogP contribution < -0.4 is 12.4 Å². The molecule has 1 heterocycles. The summed E-state index contributed by atoms with van der Waals surface area (Å²) in [5.74, 6) is 0. The Morgan fingerprint density at radius 1 is 1.08 bits per heavy atom. The van der Waals surface area contributed by atoms with Crippen molar-refractivity contribution in [2.45, 2.75) is 19.3 Å². The Labute approximate surface area is 81.8 Å².